The zero-order valence-corrected chi connectivity index (χ0v) is 13.1. The van der Waals surface area contributed by atoms with E-state index in [1.54, 1.807) is 12.1 Å². The average molecular weight is 340 g/mol. The minimum absolute atomic E-state index is 0.357. The van der Waals surface area contributed by atoms with Gasteiger partial charge in [0, 0.05) is 19.1 Å². The first-order valence-corrected chi connectivity index (χ1v) is 7.63. The third-order valence-corrected chi connectivity index (χ3v) is 4.09. The first kappa shape index (κ1) is 18.1. The van der Waals surface area contributed by atoms with E-state index >= 15 is 0 Å². The van der Waals surface area contributed by atoms with Gasteiger partial charge in [0.2, 0.25) is 5.91 Å². The molecule has 0 spiro atoms. The van der Waals surface area contributed by atoms with Gasteiger partial charge in [-0.3, -0.25) is 9.69 Å². The maximum Gasteiger partial charge on any atom is 0.401 e. The van der Waals surface area contributed by atoms with Gasteiger partial charge in [0.15, 0.2) is 0 Å². The number of rotatable bonds is 5. The fourth-order valence-electron chi connectivity index (χ4n) is 3.06. The number of benzene rings is 1. The van der Waals surface area contributed by atoms with Gasteiger partial charge in [0.25, 0.3) is 0 Å². The number of amides is 1. The normalized spacial score (nSPS) is 16.2. The first-order valence-electron chi connectivity index (χ1n) is 7.63. The topological polar surface area (TPSA) is 73.4 Å². The molecular formula is C16H19F3N4O. The SMILES string of the molecule is N#Cc1ccccc1N1CCC(N(CC(N)=O)CC(F)(F)F)CC1. The summed E-state index contributed by atoms with van der Waals surface area (Å²) < 4.78 is 38.1. The molecule has 24 heavy (non-hydrogen) atoms. The first-order chi connectivity index (χ1) is 11.3. The summed E-state index contributed by atoms with van der Waals surface area (Å²) in [6.45, 7) is -0.499. The summed E-state index contributed by atoms with van der Waals surface area (Å²) in [7, 11) is 0. The maximum absolute atomic E-state index is 12.7. The Kier molecular flexibility index (Phi) is 5.67. The lowest BCUT2D eigenvalue weighted by atomic mass is 10.0. The number of piperidine rings is 1. The van der Waals surface area contributed by atoms with E-state index in [0.29, 0.717) is 31.5 Å². The van der Waals surface area contributed by atoms with Crippen molar-refractivity contribution in [1.29, 1.82) is 5.26 Å². The van der Waals surface area contributed by atoms with Crippen molar-refractivity contribution in [3.8, 4) is 6.07 Å². The Balaban J connectivity index is 2.04. The molecule has 1 fully saturated rings. The Labute approximate surface area is 138 Å². The van der Waals surface area contributed by atoms with E-state index < -0.39 is 25.2 Å². The van der Waals surface area contributed by atoms with Crippen LogP contribution < -0.4 is 10.6 Å². The van der Waals surface area contributed by atoms with Gasteiger partial charge >= 0.3 is 6.18 Å². The van der Waals surface area contributed by atoms with Gasteiger partial charge < -0.3 is 10.6 Å². The molecule has 8 heteroatoms. The summed E-state index contributed by atoms with van der Waals surface area (Å²) >= 11 is 0. The highest BCUT2D eigenvalue weighted by Gasteiger charge is 2.35. The molecule has 1 aliphatic rings. The molecule has 0 unspecified atom stereocenters. The highest BCUT2D eigenvalue weighted by atomic mass is 19.4. The van der Waals surface area contributed by atoms with Crippen LogP contribution in [0.4, 0.5) is 18.9 Å². The smallest absolute Gasteiger partial charge is 0.370 e. The molecule has 1 aliphatic heterocycles. The Morgan fingerprint density at radius 1 is 1.33 bits per heavy atom. The molecule has 2 N–H and O–H groups in total. The molecular weight excluding hydrogens is 321 g/mol. The lowest BCUT2D eigenvalue weighted by molar-refractivity contribution is -0.153. The van der Waals surface area contributed by atoms with E-state index in [1.165, 1.54) is 0 Å². The zero-order chi connectivity index (χ0) is 17.7. The van der Waals surface area contributed by atoms with Crippen molar-refractivity contribution >= 4 is 11.6 Å². The van der Waals surface area contributed by atoms with Crippen molar-refractivity contribution in [2.24, 2.45) is 5.73 Å². The van der Waals surface area contributed by atoms with Crippen LogP contribution in [0, 0.1) is 11.3 Å². The van der Waals surface area contributed by atoms with Gasteiger partial charge in [-0.25, -0.2) is 0 Å². The van der Waals surface area contributed by atoms with E-state index in [0.717, 1.165) is 10.6 Å². The Morgan fingerprint density at radius 2 is 1.96 bits per heavy atom. The number of para-hydroxylation sites is 1. The number of anilines is 1. The number of alkyl halides is 3. The molecule has 0 aromatic heterocycles. The number of primary amides is 1. The zero-order valence-electron chi connectivity index (χ0n) is 13.1. The van der Waals surface area contributed by atoms with Gasteiger partial charge in [0.1, 0.15) is 6.07 Å². The third kappa shape index (κ3) is 4.86. The molecule has 1 saturated heterocycles. The van der Waals surface area contributed by atoms with Gasteiger partial charge in [-0.15, -0.1) is 0 Å². The summed E-state index contributed by atoms with van der Waals surface area (Å²) in [4.78, 5) is 14.2. The molecule has 0 saturated carbocycles. The van der Waals surface area contributed by atoms with E-state index in [9.17, 15) is 18.0 Å². The number of carbonyl (C=O) groups excluding carboxylic acids is 1. The largest absolute Gasteiger partial charge is 0.401 e. The van der Waals surface area contributed by atoms with Crippen molar-refractivity contribution in [3.05, 3.63) is 29.8 Å². The minimum atomic E-state index is -4.38. The third-order valence-electron chi connectivity index (χ3n) is 4.09. The van der Waals surface area contributed by atoms with Gasteiger partial charge in [-0.2, -0.15) is 18.4 Å². The number of nitrogens with two attached hydrogens (primary N) is 1. The molecule has 1 aromatic carbocycles. The lowest BCUT2D eigenvalue weighted by Gasteiger charge is -2.39. The second-order valence-electron chi connectivity index (χ2n) is 5.83. The fourth-order valence-corrected chi connectivity index (χ4v) is 3.06. The number of nitrogens with zero attached hydrogens (tertiary/aromatic N) is 3. The number of nitriles is 1. The molecule has 0 bridgehead atoms. The van der Waals surface area contributed by atoms with Crippen LogP contribution in [0.5, 0.6) is 0 Å². The molecule has 1 amide bonds. The van der Waals surface area contributed by atoms with Gasteiger partial charge in [-0.1, -0.05) is 12.1 Å². The van der Waals surface area contributed by atoms with Crippen molar-refractivity contribution < 1.29 is 18.0 Å². The Bertz CT molecular complexity index is 618. The second kappa shape index (κ2) is 7.53. The maximum atomic E-state index is 12.7. The minimum Gasteiger partial charge on any atom is -0.370 e. The summed E-state index contributed by atoms with van der Waals surface area (Å²) in [5, 5.41) is 9.15. The molecule has 1 aromatic rings. The Hall–Kier alpha value is -2.27. The number of carbonyl (C=O) groups is 1. The predicted molar refractivity (Wildman–Crippen MR) is 83.2 cm³/mol. The predicted octanol–water partition coefficient (Wildman–Crippen LogP) is 1.88. The van der Waals surface area contributed by atoms with Crippen LogP contribution in [0.3, 0.4) is 0 Å². The molecule has 0 aliphatic carbocycles. The molecule has 0 radical (unpaired) electrons. The van der Waals surface area contributed by atoms with Crippen LogP contribution in [-0.4, -0.2) is 49.2 Å². The van der Waals surface area contributed by atoms with E-state index in [1.807, 2.05) is 17.0 Å². The molecule has 0 atom stereocenters. The van der Waals surface area contributed by atoms with E-state index in [-0.39, 0.29) is 6.04 Å². The van der Waals surface area contributed by atoms with Crippen LogP contribution >= 0.6 is 0 Å². The summed E-state index contributed by atoms with van der Waals surface area (Å²) in [5.74, 6) is -0.767. The molecule has 2 rings (SSSR count). The standard InChI is InChI=1S/C16H19F3N4O/c17-16(18,19)11-23(10-15(21)24)13-5-7-22(8-6-13)14-4-2-1-3-12(14)9-20/h1-4,13H,5-8,10-11H2,(H2,21,24). The van der Waals surface area contributed by atoms with Crippen molar-refractivity contribution in [1.82, 2.24) is 4.90 Å². The number of halogens is 3. The quantitative estimate of drug-likeness (QED) is 0.888. The van der Waals surface area contributed by atoms with Crippen LogP contribution in [0.2, 0.25) is 0 Å². The van der Waals surface area contributed by atoms with Crippen molar-refractivity contribution in [3.63, 3.8) is 0 Å². The average Bonchev–Trinajstić information content (AvgIpc) is 2.52. The van der Waals surface area contributed by atoms with Gasteiger partial charge in [-0.05, 0) is 25.0 Å². The summed E-state index contributed by atoms with van der Waals surface area (Å²) in [5.41, 5.74) is 6.41. The highest BCUT2D eigenvalue weighted by molar-refractivity contribution is 5.76. The molecule has 5 nitrogen and oxygen atoms in total. The number of hydrogen-bond acceptors (Lipinski definition) is 4. The summed E-state index contributed by atoms with van der Waals surface area (Å²) in [6.07, 6.45) is -3.42. The van der Waals surface area contributed by atoms with E-state index in [4.69, 9.17) is 11.0 Å². The van der Waals surface area contributed by atoms with Crippen LogP contribution in [0.15, 0.2) is 24.3 Å². The molecule has 1 heterocycles. The van der Waals surface area contributed by atoms with E-state index in [2.05, 4.69) is 6.07 Å². The lowest BCUT2D eigenvalue weighted by Crippen LogP contribution is -2.50. The van der Waals surface area contributed by atoms with Gasteiger partial charge in [0.05, 0.1) is 24.3 Å². The monoisotopic (exact) mass is 340 g/mol. The molecule has 130 valence electrons. The summed E-state index contributed by atoms with van der Waals surface area (Å²) in [6, 6.07) is 8.90. The van der Waals surface area contributed by atoms with Crippen molar-refractivity contribution in [2.75, 3.05) is 31.1 Å². The highest BCUT2D eigenvalue weighted by Crippen LogP contribution is 2.27. The second-order valence-corrected chi connectivity index (χ2v) is 5.83. The Morgan fingerprint density at radius 3 is 2.50 bits per heavy atom. The fraction of sp³-hybridized carbons (Fsp3) is 0.500. The van der Waals surface area contributed by atoms with Crippen LogP contribution in [0.25, 0.3) is 0 Å². The van der Waals surface area contributed by atoms with Crippen molar-refractivity contribution in [2.45, 2.75) is 25.1 Å². The number of hydrogen-bond donors (Lipinski definition) is 1. The van der Waals surface area contributed by atoms with Crippen LogP contribution in [0.1, 0.15) is 18.4 Å². The van der Waals surface area contributed by atoms with Crippen LogP contribution in [-0.2, 0) is 4.79 Å².